The first kappa shape index (κ1) is 17.2. The van der Waals surface area contributed by atoms with Crippen LogP contribution in [0.15, 0.2) is 30.3 Å². The predicted octanol–water partition coefficient (Wildman–Crippen LogP) is 4.55. The van der Waals surface area contributed by atoms with E-state index in [0.29, 0.717) is 5.95 Å². The molecule has 0 fully saturated rings. The van der Waals surface area contributed by atoms with Crippen LogP contribution < -0.4 is 10.2 Å². The van der Waals surface area contributed by atoms with Gasteiger partial charge in [0.1, 0.15) is 11.6 Å². The molecule has 0 saturated carbocycles. The van der Waals surface area contributed by atoms with E-state index in [0.717, 1.165) is 49.6 Å². The molecule has 124 valence electrons. The van der Waals surface area contributed by atoms with E-state index < -0.39 is 0 Å². The number of benzene rings is 1. The van der Waals surface area contributed by atoms with E-state index in [1.54, 1.807) is 12.1 Å². The van der Waals surface area contributed by atoms with Gasteiger partial charge in [-0.25, -0.2) is 9.37 Å². The van der Waals surface area contributed by atoms with Crippen LogP contribution in [-0.4, -0.2) is 23.1 Å². The van der Waals surface area contributed by atoms with Gasteiger partial charge in [-0.2, -0.15) is 4.98 Å². The van der Waals surface area contributed by atoms with Gasteiger partial charge in [-0.05, 0) is 51.0 Å². The van der Waals surface area contributed by atoms with Gasteiger partial charge in [-0.1, -0.05) is 13.3 Å². The average Bonchev–Trinajstić information content (AvgIpc) is 2.56. The number of hydrogen-bond donors (Lipinski definition) is 1. The van der Waals surface area contributed by atoms with Crippen molar-refractivity contribution in [1.29, 1.82) is 0 Å². The Labute approximate surface area is 137 Å². The van der Waals surface area contributed by atoms with Crippen molar-refractivity contribution >= 4 is 17.5 Å². The van der Waals surface area contributed by atoms with Crippen molar-refractivity contribution in [2.75, 3.05) is 23.3 Å². The molecular formula is C18H25FN4. The Morgan fingerprint density at radius 2 is 1.74 bits per heavy atom. The third-order valence-electron chi connectivity index (χ3n) is 3.74. The summed E-state index contributed by atoms with van der Waals surface area (Å²) in [5, 5.41) is 3.18. The monoisotopic (exact) mass is 316 g/mol. The summed E-state index contributed by atoms with van der Waals surface area (Å²) in [6.07, 6.45) is 3.17. The highest BCUT2D eigenvalue weighted by Crippen LogP contribution is 2.20. The molecule has 2 rings (SSSR count). The molecule has 5 heteroatoms. The Morgan fingerprint density at radius 1 is 1.04 bits per heavy atom. The molecule has 2 aromatic rings. The zero-order chi connectivity index (χ0) is 16.7. The van der Waals surface area contributed by atoms with Crippen LogP contribution in [0.25, 0.3) is 0 Å². The number of aryl methyl sites for hydroxylation is 1. The lowest BCUT2D eigenvalue weighted by atomic mass is 10.2. The number of rotatable bonds is 8. The number of nitrogens with one attached hydrogen (secondary N) is 1. The first-order chi connectivity index (χ1) is 11.2. The molecule has 0 saturated heterocycles. The van der Waals surface area contributed by atoms with Crippen molar-refractivity contribution in [3.63, 3.8) is 0 Å². The number of nitrogens with zero attached hydrogens (tertiary/aromatic N) is 3. The molecule has 1 aromatic carbocycles. The first-order valence-electron chi connectivity index (χ1n) is 8.31. The smallest absolute Gasteiger partial charge is 0.229 e. The lowest BCUT2D eigenvalue weighted by Gasteiger charge is -2.21. The maximum absolute atomic E-state index is 13.0. The van der Waals surface area contributed by atoms with Gasteiger partial charge in [0.2, 0.25) is 5.95 Å². The van der Waals surface area contributed by atoms with Gasteiger partial charge in [0, 0.05) is 30.5 Å². The van der Waals surface area contributed by atoms with Crippen molar-refractivity contribution in [2.24, 2.45) is 0 Å². The molecule has 0 radical (unpaired) electrons. The van der Waals surface area contributed by atoms with E-state index >= 15 is 0 Å². The highest BCUT2D eigenvalue weighted by molar-refractivity contribution is 5.55. The summed E-state index contributed by atoms with van der Waals surface area (Å²) in [6, 6.07) is 8.30. The minimum atomic E-state index is -0.253. The van der Waals surface area contributed by atoms with Gasteiger partial charge in [0.15, 0.2) is 0 Å². The second-order valence-electron chi connectivity index (χ2n) is 5.45. The van der Waals surface area contributed by atoms with Gasteiger partial charge in [0.25, 0.3) is 0 Å². The molecule has 0 aliphatic carbocycles. The fourth-order valence-corrected chi connectivity index (χ4v) is 2.40. The van der Waals surface area contributed by atoms with Crippen molar-refractivity contribution in [1.82, 2.24) is 9.97 Å². The number of aromatic nitrogens is 2. The van der Waals surface area contributed by atoms with Gasteiger partial charge in [-0.15, -0.1) is 0 Å². The van der Waals surface area contributed by atoms with Crippen LogP contribution in [0.4, 0.5) is 21.8 Å². The zero-order valence-electron chi connectivity index (χ0n) is 14.1. The van der Waals surface area contributed by atoms with Crippen LogP contribution in [0.2, 0.25) is 0 Å². The van der Waals surface area contributed by atoms with Crippen LogP contribution in [-0.2, 0) is 6.42 Å². The molecule has 1 N–H and O–H groups in total. The largest absolute Gasteiger partial charge is 0.357 e. The fraction of sp³-hybridized carbons (Fsp3) is 0.444. The second-order valence-corrected chi connectivity index (χ2v) is 5.45. The van der Waals surface area contributed by atoms with E-state index in [4.69, 9.17) is 0 Å². The van der Waals surface area contributed by atoms with E-state index in [2.05, 4.69) is 47.0 Å². The standard InChI is InChI=1S/C18H25FN4/c1-4-7-8-16-13-17(23(5-2)6-3)22-18(21-16)20-15-11-9-14(19)10-12-15/h9-13H,4-8H2,1-3H3,(H,20,21,22). The van der Waals surface area contributed by atoms with Crippen molar-refractivity contribution < 1.29 is 4.39 Å². The molecule has 4 nitrogen and oxygen atoms in total. The Kier molecular flexibility index (Phi) is 6.32. The third-order valence-corrected chi connectivity index (χ3v) is 3.74. The zero-order valence-corrected chi connectivity index (χ0v) is 14.1. The molecule has 0 bridgehead atoms. The molecule has 0 spiro atoms. The van der Waals surface area contributed by atoms with Crippen LogP contribution in [0.3, 0.4) is 0 Å². The Bertz CT molecular complexity index is 609. The van der Waals surface area contributed by atoms with Crippen molar-refractivity contribution in [3.8, 4) is 0 Å². The Hall–Kier alpha value is -2.17. The summed E-state index contributed by atoms with van der Waals surface area (Å²) in [5.74, 6) is 1.24. The van der Waals surface area contributed by atoms with Crippen molar-refractivity contribution in [2.45, 2.75) is 40.0 Å². The predicted molar refractivity (Wildman–Crippen MR) is 93.9 cm³/mol. The molecule has 0 aliphatic heterocycles. The second kappa shape index (κ2) is 8.46. The Morgan fingerprint density at radius 3 is 2.35 bits per heavy atom. The summed E-state index contributed by atoms with van der Waals surface area (Å²) in [7, 11) is 0. The van der Waals surface area contributed by atoms with Gasteiger partial charge in [0.05, 0.1) is 0 Å². The molecule has 1 aromatic heterocycles. The van der Waals surface area contributed by atoms with Crippen LogP contribution in [0.5, 0.6) is 0 Å². The minimum Gasteiger partial charge on any atom is -0.357 e. The topological polar surface area (TPSA) is 41.1 Å². The molecule has 0 amide bonds. The molecule has 0 unspecified atom stereocenters. The molecular weight excluding hydrogens is 291 g/mol. The quantitative estimate of drug-likeness (QED) is 0.776. The molecule has 0 atom stereocenters. The van der Waals surface area contributed by atoms with E-state index in [1.165, 1.54) is 12.1 Å². The Balaban J connectivity index is 2.28. The van der Waals surface area contributed by atoms with E-state index in [1.807, 2.05) is 0 Å². The number of unbranched alkanes of at least 4 members (excludes halogenated alkanes) is 1. The highest BCUT2D eigenvalue weighted by Gasteiger charge is 2.09. The van der Waals surface area contributed by atoms with Crippen molar-refractivity contribution in [3.05, 3.63) is 41.8 Å². The fourth-order valence-electron chi connectivity index (χ4n) is 2.40. The maximum Gasteiger partial charge on any atom is 0.229 e. The molecule has 23 heavy (non-hydrogen) atoms. The highest BCUT2D eigenvalue weighted by atomic mass is 19.1. The normalized spacial score (nSPS) is 10.6. The number of hydrogen-bond acceptors (Lipinski definition) is 4. The van der Waals surface area contributed by atoms with Crippen LogP contribution in [0.1, 0.15) is 39.3 Å². The van der Waals surface area contributed by atoms with Gasteiger partial charge < -0.3 is 10.2 Å². The summed E-state index contributed by atoms with van der Waals surface area (Å²) >= 11 is 0. The lowest BCUT2D eigenvalue weighted by Crippen LogP contribution is -2.23. The van der Waals surface area contributed by atoms with E-state index in [9.17, 15) is 4.39 Å². The van der Waals surface area contributed by atoms with E-state index in [-0.39, 0.29) is 5.82 Å². The summed E-state index contributed by atoms with van der Waals surface area (Å²) < 4.78 is 13.0. The molecule has 1 heterocycles. The lowest BCUT2D eigenvalue weighted by molar-refractivity contribution is 0.628. The first-order valence-corrected chi connectivity index (χ1v) is 8.31. The minimum absolute atomic E-state index is 0.253. The average molecular weight is 316 g/mol. The van der Waals surface area contributed by atoms with Crippen LogP contribution in [0, 0.1) is 5.82 Å². The molecule has 0 aliphatic rings. The maximum atomic E-state index is 13.0. The third kappa shape index (κ3) is 4.91. The SMILES string of the molecule is CCCCc1cc(N(CC)CC)nc(Nc2ccc(F)cc2)n1. The summed E-state index contributed by atoms with van der Waals surface area (Å²) in [5.41, 5.74) is 1.82. The van der Waals surface area contributed by atoms with Crippen LogP contribution >= 0.6 is 0 Å². The summed E-state index contributed by atoms with van der Waals surface area (Å²) in [4.78, 5) is 11.4. The summed E-state index contributed by atoms with van der Waals surface area (Å²) in [6.45, 7) is 8.20. The number of halogens is 1. The van der Waals surface area contributed by atoms with Gasteiger partial charge >= 0.3 is 0 Å². The van der Waals surface area contributed by atoms with Gasteiger partial charge in [-0.3, -0.25) is 0 Å². The number of anilines is 3.